The molecule has 0 bridgehead atoms. The molecule has 3 heterocycles. The van der Waals surface area contributed by atoms with E-state index in [0.717, 1.165) is 39.3 Å². The van der Waals surface area contributed by atoms with Crippen molar-refractivity contribution in [3.05, 3.63) is 17.5 Å². The van der Waals surface area contributed by atoms with Gasteiger partial charge in [-0.2, -0.15) is 5.10 Å². The van der Waals surface area contributed by atoms with Crippen molar-refractivity contribution in [1.29, 1.82) is 0 Å². The number of hydrogen-bond donors (Lipinski definition) is 1. The molecule has 0 atom stereocenters. The Morgan fingerprint density at radius 3 is 2.93 bits per heavy atom. The third kappa shape index (κ3) is 1.92. The van der Waals surface area contributed by atoms with E-state index in [1.807, 2.05) is 0 Å². The third-order valence-corrected chi connectivity index (χ3v) is 3.31. The molecular formula is C11H18N4. The molecule has 1 aromatic rings. The highest BCUT2D eigenvalue weighted by atomic mass is 15.3. The molecule has 3 rings (SSSR count). The SMILES string of the molecule is c1c(CN2CCNCC2)nn2c1CCC2. The van der Waals surface area contributed by atoms with Crippen LogP contribution in [-0.4, -0.2) is 40.9 Å². The van der Waals surface area contributed by atoms with Crippen LogP contribution in [0, 0.1) is 0 Å². The minimum absolute atomic E-state index is 1.03. The van der Waals surface area contributed by atoms with E-state index >= 15 is 0 Å². The Morgan fingerprint density at radius 1 is 1.27 bits per heavy atom. The molecule has 0 aliphatic carbocycles. The number of nitrogens with zero attached hydrogens (tertiary/aromatic N) is 3. The predicted molar refractivity (Wildman–Crippen MR) is 58.7 cm³/mol. The fourth-order valence-corrected chi connectivity index (χ4v) is 2.50. The Bertz CT molecular complexity index is 317. The van der Waals surface area contributed by atoms with Crippen LogP contribution in [0.3, 0.4) is 0 Å². The fraction of sp³-hybridized carbons (Fsp3) is 0.727. The number of aryl methyl sites for hydroxylation is 2. The molecule has 0 radical (unpaired) electrons. The van der Waals surface area contributed by atoms with Crippen molar-refractivity contribution < 1.29 is 0 Å². The van der Waals surface area contributed by atoms with E-state index in [9.17, 15) is 0 Å². The van der Waals surface area contributed by atoms with Gasteiger partial charge in [0, 0.05) is 45.0 Å². The smallest absolute Gasteiger partial charge is 0.0767 e. The highest BCUT2D eigenvalue weighted by Crippen LogP contribution is 2.16. The Kier molecular flexibility index (Phi) is 2.46. The highest BCUT2D eigenvalue weighted by Gasteiger charge is 2.16. The van der Waals surface area contributed by atoms with Crippen LogP contribution in [0.1, 0.15) is 17.8 Å². The highest BCUT2D eigenvalue weighted by molar-refractivity contribution is 5.13. The molecule has 1 fully saturated rings. The van der Waals surface area contributed by atoms with Crippen LogP contribution in [0.4, 0.5) is 0 Å². The van der Waals surface area contributed by atoms with Crippen molar-refractivity contribution in [3.8, 4) is 0 Å². The maximum absolute atomic E-state index is 4.64. The summed E-state index contributed by atoms with van der Waals surface area (Å²) in [4.78, 5) is 2.48. The van der Waals surface area contributed by atoms with Gasteiger partial charge in [-0.05, 0) is 18.9 Å². The topological polar surface area (TPSA) is 33.1 Å². The van der Waals surface area contributed by atoms with E-state index in [2.05, 4.69) is 26.1 Å². The summed E-state index contributed by atoms with van der Waals surface area (Å²) < 4.78 is 2.18. The maximum Gasteiger partial charge on any atom is 0.0767 e. The van der Waals surface area contributed by atoms with Gasteiger partial charge in [0.05, 0.1) is 5.69 Å². The Morgan fingerprint density at radius 2 is 2.13 bits per heavy atom. The van der Waals surface area contributed by atoms with Gasteiger partial charge in [0.15, 0.2) is 0 Å². The molecule has 0 saturated carbocycles. The minimum Gasteiger partial charge on any atom is -0.314 e. The third-order valence-electron chi connectivity index (χ3n) is 3.31. The summed E-state index contributed by atoms with van der Waals surface area (Å²) in [5.41, 5.74) is 2.69. The molecule has 2 aliphatic rings. The summed E-state index contributed by atoms with van der Waals surface area (Å²) >= 11 is 0. The summed E-state index contributed by atoms with van der Waals surface area (Å²) in [6.07, 6.45) is 2.49. The van der Waals surface area contributed by atoms with Crippen molar-refractivity contribution in [3.63, 3.8) is 0 Å². The van der Waals surface area contributed by atoms with Crippen LogP contribution in [0.15, 0.2) is 6.07 Å². The number of fused-ring (bicyclic) bond motifs is 1. The lowest BCUT2D eigenvalue weighted by molar-refractivity contribution is 0.230. The molecule has 2 aliphatic heterocycles. The lowest BCUT2D eigenvalue weighted by Gasteiger charge is -2.26. The second kappa shape index (κ2) is 3.94. The standard InChI is InChI=1S/C11H18N4/c1-2-11-8-10(13-15(11)5-1)9-14-6-3-12-4-7-14/h8,12H,1-7,9H2. The van der Waals surface area contributed by atoms with Crippen LogP contribution < -0.4 is 5.32 Å². The molecule has 1 aromatic heterocycles. The lowest BCUT2D eigenvalue weighted by atomic mass is 10.2. The zero-order valence-corrected chi connectivity index (χ0v) is 9.08. The molecule has 4 nitrogen and oxygen atoms in total. The molecule has 4 heteroatoms. The first-order valence-corrected chi connectivity index (χ1v) is 5.90. The second-order valence-electron chi connectivity index (χ2n) is 4.48. The molecule has 82 valence electrons. The van der Waals surface area contributed by atoms with Crippen LogP contribution >= 0.6 is 0 Å². The molecule has 0 spiro atoms. The van der Waals surface area contributed by atoms with Gasteiger partial charge in [-0.25, -0.2) is 0 Å². The number of piperazine rings is 1. The second-order valence-corrected chi connectivity index (χ2v) is 4.48. The number of nitrogens with one attached hydrogen (secondary N) is 1. The average molecular weight is 206 g/mol. The van der Waals surface area contributed by atoms with Crippen molar-refractivity contribution in [2.24, 2.45) is 0 Å². The van der Waals surface area contributed by atoms with E-state index in [0.29, 0.717) is 0 Å². The predicted octanol–water partition coefficient (Wildman–Crippen LogP) is 0.234. The van der Waals surface area contributed by atoms with Gasteiger partial charge in [-0.1, -0.05) is 0 Å². The molecule has 0 unspecified atom stereocenters. The van der Waals surface area contributed by atoms with Gasteiger partial charge < -0.3 is 5.32 Å². The zero-order chi connectivity index (χ0) is 10.1. The van der Waals surface area contributed by atoms with Crippen LogP contribution in [-0.2, 0) is 19.5 Å². The molecule has 1 saturated heterocycles. The van der Waals surface area contributed by atoms with Crippen molar-refractivity contribution in [2.75, 3.05) is 26.2 Å². The van der Waals surface area contributed by atoms with Crippen molar-refractivity contribution in [1.82, 2.24) is 20.0 Å². The Balaban J connectivity index is 1.66. The van der Waals surface area contributed by atoms with Gasteiger partial charge in [-0.3, -0.25) is 9.58 Å². The largest absolute Gasteiger partial charge is 0.314 e. The molecule has 0 aromatic carbocycles. The zero-order valence-electron chi connectivity index (χ0n) is 9.08. The van der Waals surface area contributed by atoms with Crippen LogP contribution in [0.25, 0.3) is 0 Å². The van der Waals surface area contributed by atoms with Gasteiger partial charge in [-0.15, -0.1) is 0 Å². The molecule has 15 heavy (non-hydrogen) atoms. The molecular weight excluding hydrogens is 188 g/mol. The molecule has 0 amide bonds. The van der Waals surface area contributed by atoms with Crippen LogP contribution in [0.5, 0.6) is 0 Å². The number of hydrogen-bond acceptors (Lipinski definition) is 3. The monoisotopic (exact) mass is 206 g/mol. The average Bonchev–Trinajstić information content (AvgIpc) is 2.79. The van der Waals surface area contributed by atoms with E-state index in [4.69, 9.17) is 0 Å². The van der Waals surface area contributed by atoms with Gasteiger partial charge >= 0.3 is 0 Å². The Labute approximate surface area is 90.3 Å². The summed E-state index contributed by atoms with van der Waals surface area (Å²) in [7, 11) is 0. The van der Waals surface area contributed by atoms with Gasteiger partial charge in [0.1, 0.15) is 0 Å². The first kappa shape index (κ1) is 9.36. The van der Waals surface area contributed by atoms with Crippen molar-refractivity contribution >= 4 is 0 Å². The summed E-state index contributed by atoms with van der Waals surface area (Å²) in [6.45, 7) is 6.70. The lowest BCUT2D eigenvalue weighted by Crippen LogP contribution is -2.42. The number of rotatable bonds is 2. The van der Waals surface area contributed by atoms with Gasteiger partial charge in [0.25, 0.3) is 0 Å². The van der Waals surface area contributed by atoms with Crippen molar-refractivity contribution in [2.45, 2.75) is 25.9 Å². The van der Waals surface area contributed by atoms with Gasteiger partial charge in [0.2, 0.25) is 0 Å². The first-order valence-electron chi connectivity index (χ1n) is 5.90. The molecule has 1 N–H and O–H groups in total. The minimum atomic E-state index is 1.03. The summed E-state index contributed by atoms with van der Waals surface area (Å²) in [5, 5.41) is 8.01. The normalized spacial score (nSPS) is 21.9. The fourth-order valence-electron chi connectivity index (χ4n) is 2.50. The van der Waals surface area contributed by atoms with E-state index in [-0.39, 0.29) is 0 Å². The van der Waals surface area contributed by atoms with Crippen LogP contribution in [0.2, 0.25) is 0 Å². The summed E-state index contributed by atoms with van der Waals surface area (Å²) in [5.74, 6) is 0. The number of aromatic nitrogens is 2. The van der Waals surface area contributed by atoms with E-state index in [1.54, 1.807) is 0 Å². The maximum atomic E-state index is 4.64. The summed E-state index contributed by atoms with van der Waals surface area (Å²) in [6, 6.07) is 2.29. The Hall–Kier alpha value is -0.870. The first-order chi connectivity index (χ1) is 7.42. The van der Waals surface area contributed by atoms with E-state index < -0.39 is 0 Å². The van der Waals surface area contributed by atoms with E-state index in [1.165, 1.54) is 24.2 Å². The quantitative estimate of drug-likeness (QED) is 0.752.